The molecular weight excluding hydrogens is 373 g/mol. The standard InChI is InChI=1S/C14H18INO4/c1-16(9-8-14(18)19)13(17)3-2-10-20-12-6-4-11(15)5-7-12/h4-7H,2-3,8-10H2,1H3,(H,18,19). The Kier molecular flexibility index (Phi) is 7.35. The normalized spacial score (nSPS) is 10.1. The maximum Gasteiger partial charge on any atom is 0.305 e. The molecule has 1 aromatic carbocycles. The van der Waals surface area contributed by atoms with Crippen LogP contribution in [-0.4, -0.2) is 42.1 Å². The Morgan fingerprint density at radius 1 is 1.25 bits per heavy atom. The first-order chi connectivity index (χ1) is 9.49. The average molecular weight is 391 g/mol. The van der Waals surface area contributed by atoms with Gasteiger partial charge in [0, 0.05) is 23.6 Å². The van der Waals surface area contributed by atoms with Crippen molar-refractivity contribution in [1.29, 1.82) is 0 Å². The van der Waals surface area contributed by atoms with E-state index in [0.29, 0.717) is 19.4 Å². The van der Waals surface area contributed by atoms with Gasteiger partial charge in [0.25, 0.3) is 0 Å². The molecule has 0 unspecified atom stereocenters. The predicted molar refractivity (Wildman–Crippen MR) is 83.8 cm³/mol. The molecule has 110 valence electrons. The Balaban J connectivity index is 2.18. The van der Waals surface area contributed by atoms with Crippen LogP contribution < -0.4 is 4.74 Å². The van der Waals surface area contributed by atoms with Crippen molar-refractivity contribution in [1.82, 2.24) is 4.90 Å². The summed E-state index contributed by atoms with van der Waals surface area (Å²) >= 11 is 2.22. The quantitative estimate of drug-likeness (QED) is 0.546. The SMILES string of the molecule is CN(CCC(=O)O)C(=O)CCCOc1ccc(I)cc1. The van der Waals surface area contributed by atoms with Gasteiger partial charge < -0.3 is 14.7 Å². The Hall–Kier alpha value is -1.31. The topological polar surface area (TPSA) is 66.8 Å². The van der Waals surface area contributed by atoms with Crippen LogP contribution >= 0.6 is 22.6 Å². The molecular formula is C14H18INO4. The first kappa shape index (κ1) is 16.7. The summed E-state index contributed by atoms with van der Waals surface area (Å²) in [5.41, 5.74) is 0. The number of aliphatic carboxylic acids is 1. The zero-order valence-electron chi connectivity index (χ0n) is 11.3. The van der Waals surface area contributed by atoms with Gasteiger partial charge in [-0.15, -0.1) is 0 Å². The van der Waals surface area contributed by atoms with Gasteiger partial charge in [0.15, 0.2) is 0 Å². The predicted octanol–water partition coefficient (Wildman–Crippen LogP) is 2.38. The number of amides is 1. The molecule has 1 amide bonds. The zero-order valence-corrected chi connectivity index (χ0v) is 13.5. The van der Waals surface area contributed by atoms with Crippen LogP contribution in [0, 0.1) is 3.57 Å². The summed E-state index contributed by atoms with van der Waals surface area (Å²) in [6.07, 6.45) is 0.949. The van der Waals surface area contributed by atoms with E-state index in [1.54, 1.807) is 7.05 Å². The van der Waals surface area contributed by atoms with Gasteiger partial charge in [0.1, 0.15) is 5.75 Å². The Bertz CT molecular complexity index is 447. The van der Waals surface area contributed by atoms with Crippen LogP contribution in [-0.2, 0) is 9.59 Å². The number of ether oxygens (including phenoxy) is 1. The summed E-state index contributed by atoms with van der Waals surface area (Å²) in [5, 5.41) is 8.55. The monoisotopic (exact) mass is 391 g/mol. The third kappa shape index (κ3) is 6.74. The number of nitrogens with zero attached hydrogens (tertiary/aromatic N) is 1. The molecule has 0 aromatic heterocycles. The lowest BCUT2D eigenvalue weighted by atomic mass is 10.3. The van der Waals surface area contributed by atoms with Crippen molar-refractivity contribution in [3.05, 3.63) is 27.8 Å². The number of benzene rings is 1. The Morgan fingerprint density at radius 3 is 2.50 bits per heavy atom. The maximum absolute atomic E-state index is 11.7. The third-order valence-electron chi connectivity index (χ3n) is 2.70. The molecule has 0 aliphatic carbocycles. The minimum atomic E-state index is -0.897. The molecule has 0 bridgehead atoms. The first-order valence-corrected chi connectivity index (χ1v) is 7.41. The number of carboxylic acids is 1. The zero-order chi connectivity index (χ0) is 15.0. The number of hydrogen-bond donors (Lipinski definition) is 1. The fraction of sp³-hybridized carbons (Fsp3) is 0.429. The fourth-order valence-corrected chi connectivity index (χ4v) is 1.88. The first-order valence-electron chi connectivity index (χ1n) is 6.33. The number of carbonyl (C=O) groups excluding carboxylic acids is 1. The minimum absolute atomic E-state index is 0.0264. The lowest BCUT2D eigenvalue weighted by Gasteiger charge is -2.15. The van der Waals surface area contributed by atoms with Crippen LogP contribution in [0.15, 0.2) is 24.3 Å². The molecule has 0 atom stereocenters. The second kappa shape index (κ2) is 8.78. The van der Waals surface area contributed by atoms with E-state index in [0.717, 1.165) is 9.32 Å². The van der Waals surface area contributed by atoms with Gasteiger partial charge in [0.05, 0.1) is 13.0 Å². The van der Waals surface area contributed by atoms with Gasteiger partial charge >= 0.3 is 5.97 Å². The number of halogens is 1. The lowest BCUT2D eigenvalue weighted by molar-refractivity contribution is -0.138. The van der Waals surface area contributed by atoms with E-state index < -0.39 is 5.97 Å². The molecule has 0 saturated heterocycles. The van der Waals surface area contributed by atoms with Crippen molar-refractivity contribution < 1.29 is 19.4 Å². The number of carboxylic acid groups (broad SMARTS) is 1. The van der Waals surface area contributed by atoms with E-state index in [4.69, 9.17) is 9.84 Å². The molecule has 0 spiro atoms. The summed E-state index contributed by atoms with van der Waals surface area (Å²) in [5.74, 6) is -0.166. The van der Waals surface area contributed by atoms with Crippen LogP contribution in [0.3, 0.4) is 0 Å². The van der Waals surface area contributed by atoms with Gasteiger partial charge in [-0.1, -0.05) is 0 Å². The highest BCUT2D eigenvalue weighted by Gasteiger charge is 2.09. The van der Waals surface area contributed by atoms with Crippen LogP contribution in [0.4, 0.5) is 0 Å². The van der Waals surface area contributed by atoms with Crippen LogP contribution in [0.5, 0.6) is 5.75 Å². The molecule has 1 rings (SSSR count). The van der Waals surface area contributed by atoms with Crippen molar-refractivity contribution in [3.8, 4) is 5.75 Å². The van der Waals surface area contributed by atoms with Crippen molar-refractivity contribution >= 4 is 34.5 Å². The van der Waals surface area contributed by atoms with Crippen LogP contribution in [0.1, 0.15) is 19.3 Å². The molecule has 0 saturated carbocycles. The van der Waals surface area contributed by atoms with Gasteiger partial charge in [-0.05, 0) is 53.3 Å². The molecule has 0 aliphatic rings. The largest absolute Gasteiger partial charge is 0.494 e. The van der Waals surface area contributed by atoms with E-state index in [1.807, 2.05) is 24.3 Å². The molecule has 5 nitrogen and oxygen atoms in total. The molecule has 0 fully saturated rings. The van der Waals surface area contributed by atoms with Crippen molar-refractivity contribution in [2.24, 2.45) is 0 Å². The molecule has 1 aromatic rings. The molecule has 0 radical (unpaired) electrons. The molecule has 20 heavy (non-hydrogen) atoms. The van der Waals surface area contributed by atoms with E-state index in [1.165, 1.54) is 4.90 Å². The molecule has 0 aliphatic heterocycles. The van der Waals surface area contributed by atoms with Gasteiger partial charge in [-0.2, -0.15) is 0 Å². The number of carbonyl (C=O) groups is 2. The van der Waals surface area contributed by atoms with E-state index >= 15 is 0 Å². The van der Waals surface area contributed by atoms with Crippen molar-refractivity contribution in [2.75, 3.05) is 20.2 Å². The van der Waals surface area contributed by atoms with Gasteiger partial charge in [0.2, 0.25) is 5.91 Å². The number of hydrogen-bond acceptors (Lipinski definition) is 3. The fourth-order valence-electron chi connectivity index (χ4n) is 1.52. The molecule has 1 N–H and O–H groups in total. The van der Waals surface area contributed by atoms with E-state index in [9.17, 15) is 9.59 Å². The third-order valence-corrected chi connectivity index (χ3v) is 3.42. The molecule has 0 heterocycles. The van der Waals surface area contributed by atoms with Crippen molar-refractivity contribution in [3.63, 3.8) is 0 Å². The van der Waals surface area contributed by atoms with Crippen LogP contribution in [0.25, 0.3) is 0 Å². The second-order valence-corrected chi connectivity index (χ2v) is 5.61. The highest BCUT2D eigenvalue weighted by molar-refractivity contribution is 14.1. The summed E-state index contributed by atoms with van der Waals surface area (Å²) in [4.78, 5) is 23.5. The van der Waals surface area contributed by atoms with Gasteiger partial charge in [-0.3, -0.25) is 9.59 Å². The minimum Gasteiger partial charge on any atom is -0.494 e. The Morgan fingerprint density at radius 2 is 1.90 bits per heavy atom. The summed E-state index contributed by atoms with van der Waals surface area (Å²) in [7, 11) is 1.62. The highest BCUT2D eigenvalue weighted by atomic mass is 127. The van der Waals surface area contributed by atoms with E-state index in [2.05, 4.69) is 22.6 Å². The summed E-state index contributed by atoms with van der Waals surface area (Å²) in [6, 6.07) is 7.70. The van der Waals surface area contributed by atoms with Gasteiger partial charge in [-0.25, -0.2) is 0 Å². The van der Waals surface area contributed by atoms with Crippen LogP contribution in [0.2, 0.25) is 0 Å². The molecule has 6 heteroatoms. The maximum atomic E-state index is 11.7. The average Bonchev–Trinajstić information content (AvgIpc) is 2.42. The smallest absolute Gasteiger partial charge is 0.305 e. The lowest BCUT2D eigenvalue weighted by Crippen LogP contribution is -2.29. The van der Waals surface area contributed by atoms with Crippen molar-refractivity contribution in [2.45, 2.75) is 19.3 Å². The summed E-state index contributed by atoms with van der Waals surface area (Å²) in [6.45, 7) is 0.714. The van der Waals surface area contributed by atoms with E-state index in [-0.39, 0.29) is 18.9 Å². The highest BCUT2D eigenvalue weighted by Crippen LogP contribution is 2.13. The second-order valence-electron chi connectivity index (χ2n) is 4.36. The Labute approximate surface area is 132 Å². The number of rotatable bonds is 8. The summed E-state index contributed by atoms with van der Waals surface area (Å²) < 4.78 is 6.66.